The molecule has 0 radical (unpaired) electrons. The van der Waals surface area contributed by atoms with E-state index in [1.165, 1.54) is 0 Å². The minimum absolute atomic E-state index is 0.0813. The summed E-state index contributed by atoms with van der Waals surface area (Å²) in [5.74, 6) is -6.87. The molecule has 0 aliphatic carbocycles. The molecule has 2 aromatic carbocycles. The smallest absolute Gasteiger partial charge is 0.201 e. The second kappa shape index (κ2) is 6.68. The summed E-state index contributed by atoms with van der Waals surface area (Å²) in [7, 11) is 0. The van der Waals surface area contributed by atoms with Crippen molar-refractivity contribution in [1.29, 1.82) is 0 Å². The van der Waals surface area contributed by atoms with Gasteiger partial charge in [-0.3, -0.25) is 0 Å². The second-order valence-electron chi connectivity index (χ2n) is 5.45. The first-order valence-corrected chi connectivity index (χ1v) is 7.38. The molecule has 7 heteroatoms. The van der Waals surface area contributed by atoms with Gasteiger partial charge in [-0.05, 0) is 37.1 Å². The van der Waals surface area contributed by atoms with Gasteiger partial charge in [0, 0.05) is 17.7 Å². The molecule has 1 atom stereocenters. The summed E-state index contributed by atoms with van der Waals surface area (Å²) in [6, 6.07) is 4.08. The number of hydrogen-bond acceptors (Lipinski definition) is 3. The Kier molecular flexibility index (Phi) is 4.62. The summed E-state index contributed by atoms with van der Waals surface area (Å²) in [6.45, 7) is 0.688. The number of hydrogen-bond donors (Lipinski definition) is 1. The van der Waals surface area contributed by atoms with Crippen LogP contribution in [0.25, 0.3) is 11.1 Å². The topological polar surface area (TPSA) is 38.7 Å². The Balaban J connectivity index is 1.88. The zero-order valence-electron chi connectivity index (χ0n) is 12.5. The molecule has 128 valence electrons. The molecule has 1 aliphatic rings. The molecular formula is C17H14F4O3. The van der Waals surface area contributed by atoms with Gasteiger partial charge in [0.25, 0.3) is 0 Å². The van der Waals surface area contributed by atoms with Crippen molar-refractivity contribution < 1.29 is 32.1 Å². The SMILES string of the molecule is Oc1ccc(-c2ccc(OCC3CCCO3)c(F)c2F)c(F)c1F. The number of benzene rings is 2. The van der Waals surface area contributed by atoms with E-state index in [1.54, 1.807) is 0 Å². The highest BCUT2D eigenvalue weighted by Crippen LogP contribution is 2.34. The standard InChI is InChI=1S/C17H14F4O3/c18-14-10(3-5-12(22)16(14)20)11-4-6-13(17(21)15(11)19)24-8-9-2-1-7-23-9/h3-6,9,22H,1-2,7-8H2. The lowest BCUT2D eigenvalue weighted by Crippen LogP contribution is -2.17. The lowest BCUT2D eigenvalue weighted by Gasteiger charge is -2.14. The molecule has 0 aromatic heterocycles. The van der Waals surface area contributed by atoms with Crippen LogP contribution in [0, 0.1) is 23.3 Å². The van der Waals surface area contributed by atoms with Crippen LogP contribution in [-0.4, -0.2) is 24.4 Å². The van der Waals surface area contributed by atoms with Crippen molar-refractivity contribution >= 4 is 0 Å². The Morgan fingerprint density at radius 1 is 0.958 bits per heavy atom. The molecule has 0 bridgehead atoms. The van der Waals surface area contributed by atoms with Crippen molar-refractivity contribution in [2.45, 2.75) is 18.9 Å². The zero-order valence-corrected chi connectivity index (χ0v) is 12.5. The Hall–Kier alpha value is -2.28. The molecule has 1 saturated heterocycles. The maximum Gasteiger partial charge on any atom is 0.201 e. The van der Waals surface area contributed by atoms with Gasteiger partial charge in [-0.15, -0.1) is 0 Å². The zero-order chi connectivity index (χ0) is 17.3. The summed E-state index contributed by atoms with van der Waals surface area (Å²) in [4.78, 5) is 0. The molecule has 1 unspecified atom stereocenters. The maximum absolute atomic E-state index is 14.2. The quantitative estimate of drug-likeness (QED) is 0.848. The second-order valence-corrected chi connectivity index (χ2v) is 5.45. The van der Waals surface area contributed by atoms with Gasteiger partial charge in [0.2, 0.25) is 11.6 Å². The fourth-order valence-corrected chi connectivity index (χ4v) is 2.56. The van der Waals surface area contributed by atoms with Crippen LogP contribution >= 0.6 is 0 Å². The van der Waals surface area contributed by atoms with Gasteiger partial charge in [-0.25, -0.2) is 8.78 Å². The fourth-order valence-electron chi connectivity index (χ4n) is 2.56. The number of phenols is 1. The summed E-state index contributed by atoms with van der Waals surface area (Å²) in [6.07, 6.45) is 1.49. The van der Waals surface area contributed by atoms with E-state index in [1.807, 2.05) is 0 Å². The largest absolute Gasteiger partial charge is 0.505 e. The molecule has 3 rings (SSSR count). The van der Waals surface area contributed by atoms with Crippen molar-refractivity contribution in [2.75, 3.05) is 13.2 Å². The Bertz CT molecular complexity index is 758. The number of rotatable bonds is 4. The summed E-state index contributed by atoms with van der Waals surface area (Å²) in [5.41, 5.74) is -0.958. The summed E-state index contributed by atoms with van der Waals surface area (Å²) in [5, 5.41) is 9.10. The summed E-state index contributed by atoms with van der Waals surface area (Å²) < 4.78 is 66.1. The maximum atomic E-state index is 14.2. The van der Waals surface area contributed by atoms with Gasteiger partial charge >= 0.3 is 0 Å². The Labute approximate surface area is 135 Å². The van der Waals surface area contributed by atoms with Crippen LogP contribution in [0.4, 0.5) is 17.6 Å². The fraction of sp³-hybridized carbons (Fsp3) is 0.294. The van der Waals surface area contributed by atoms with Gasteiger partial charge in [-0.2, -0.15) is 8.78 Å². The normalized spacial score (nSPS) is 17.2. The predicted octanol–water partition coefficient (Wildman–Crippen LogP) is 4.17. The minimum Gasteiger partial charge on any atom is -0.505 e. The highest BCUT2D eigenvalue weighted by Gasteiger charge is 2.22. The molecule has 0 amide bonds. The van der Waals surface area contributed by atoms with Crippen molar-refractivity contribution in [3.8, 4) is 22.6 Å². The van der Waals surface area contributed by atoms with E-state index in [-0.39, 0.29) is 18.5 Å². The number of halogens is 4. The van der Waals surface area contributed by atoms with Crippen LogP contribution in [0.3, 0.4) is 0 Å². The Morgan fingerprint density at radius 3 is 2.29 bits per heavy atom. The average molecular weight is 342 g/mol. The van der Waals surface area contributed by atoms with Crippen molar-refractivity contribution in [3.63, 3.8) is 0 Å². The molecule has 0 saturated carbocycles. The van der Waals surface area contributed by atoms with E-state index in [0.717, 1.165) is 37.1 Å². The van der Waals surface area contributed by atoms with Crippen molar-refractivity contribution in [2.24, 2.45) is 0 Å². The van der Waals surface area contributed by atoms with Crippen LogP contribution < -0.4 is 4.74 Å². The van der Waals surface area contributed by atoms with E-state index in [0.29, 0.717) is 6.61 Å². The molecule has 2 aromatic rings. The van der Waals surface area contributed by atoms with Crippen LogP contribution in [0.5, 0.6) is 11.5 Å². The van der Waals surface area contributed by atoms with E-state index < -0.39 is 40.1 Å². The molecule has 1 heterocycles. The van der Waals surface area contributed by atoms with Crippen LogP contribution in [-0.2, 0) is 4.74 Å². The highest BCUT2D eigenvalue weighted by atomic mass is 19.2. The Morgan fingerprint density at radius 2 is 1.62 bits per heavy atom. The monoisotopic (exact) mass is 342 g/mol. The van der Waals surface area contributed by atoms with Crippen molar-refractivity contribution in [1.82, 2.24) is 0 Å². The van der Waals surface area contributed by atoms with E-state index in [9.17, 15) is 17.6 Å². The van der Waals surface area contributed by atoms with E-state index >= 15 is 0 Å². The van der Waals surface area contributed by atoms with Gasteiger partial charge < -0.3 is 14.6 Å². The molecular weight excluding hydrogens is 328 g/mol. The lowest BCUT2D eigenvalue weighted by molar-refractivity contribution is 0.0663. The van der Waals surface area contributed by atoms with Crippen LogP contribution in [0.15, 0.2) is 24.3 Å². The summed E-state index contributed by atoms with van der Waals surface area (Å²) >= 11 is 0. The highest BCUT2D eigenvalue weighted by molar-refractivity contribution is 5.67. The molecule has 3 nitrogen and oxygen atoms in total. The third-order valence-corrected chi connectivity index (χ3v) is 3.85. The lowest BCUT2D eigenvalue weighted by atomic mass is 10.0. The molecule has 1 aliphatic heterocycles. The number of phenolic OH excluding ortho intramolecular Hbond substituents is 1. The number of ether oxygens (including phenoxy) is 2. The average Bonchev–Trinajstić information content (AvgIpc) is 3.08. The van der Waals surface area contributed by atoms with E-state index in [2.05, 4.69) is 0 Å². The predicted molar refractivity (Wildman–Crippen MR) is 77.8 cm³/mol. The molecule has 1 N–H and O–H groups in total. The third kappa shape index (κ3) is 3.03. The minimum atomic E-state index is -1.52. The van der Waals surface area contributed by atoms with Gasteiger partial charge in [0.05, 0.1) is 6.10 Å². The molecule has 0 spiro atoms. The van der Waals surface area contributed by atoms with Crippen LogP contribution in [0.1, 0.15) is 12.8 Å². The van der Waals surface area contributed by atoms with Gasteiger partial charge in [-0.1, -0.05) is 0 Å². The molecule has 1 fully saturated rings. The molecule has 24 heavy (non-hydrogen) atoms. The van der Waals surface area contributed by atoms with Gasteiger partial charge in [0.1, 0.15) is 6.61 Å². The van der Waals surface area contributed by atoms with E-state index in [4.69, 9.17) is 14.6 Å². The third-order valence-electron chi connectivity index (χ3n) is 3.85. The first-order valence-electron chi connectivity index (χ1n) is 7.38. The number of aromatic hydroxyl groups is 1. The van der Waals surface area contributed by atoms with Crippen LogP contribution in [0.2, 0.25) is 0 Å². The van der Waals surface area contributed by atoms with Gasteiger partial charge in [0.15, 0.2) is 23.1 Å². The van der Waals surface area contributed by atoms with Crippen molar-refractivity contribution in [3.05, 3.63) is 47.5 Å². The first kappa shape index (κ1) is 16.6. The first-order chi connectivity index (χ1) is 11.5.